The number of hydrogen-bond acceptors (Lipinski definition) is 0. The van der Waals surface area contributed by atoms with Crippen LogP contribution in [0.15, 0.2) is 231 Å². The largest absolute Gasteiger partial charge is 0.0622 e. The first-order valence-electron chi connectivity index (χ1n) is 21.6. The molecule has 0 heteroatoms. The normalized spacial score (nSPS) is 11.9. The monoisotopic (exact) mass is 782 g/mol. The van der Waals surface area contributed by atoms with Crippen LogP contribution in [0.25, 0.3) is 131 Å². The zero-order valence-electron chi connectivity index (χ0n) is 33.9. The minimum absolute atomic E-state index is 1.20. The van der Waals surface area contributed by atoms with Crippen molar-refractivity contribution in [3.05, 3.63) is 231 Å². The van der Waals surface area contributed by atoms with Gasteiger partial charge in [0.05, 0.1) is 0 Å². The van der Waals surface area contributed by atoms with Crippen LogP contribution in [0.2, 0.25) is 0 Å². The van der Waals surface area contributed by atoms with Gasteiger partial charge in [0, 0.05) is 0 Å². The smallest absolute Gasteiger partial charge is 0.00206 e. The molecule has 0 radical (unpaired) electrons. The Bertz CT molecular complexity index is 3530. The first-order valence-corrected chi connectivity index (χ1v) is 21.6. The van der Waals surface area contributed by atoms with Crippen molar-refractivity contribution in [2.45, 2.75) is 0 Å². The maximum atomic E-state index is 2.39. The summed E-state index contributed by atoms with van der Waals surface area (Å²) in [6.45, 7) is 0. The van der Waals surface area contributed by atoms with Crippen LogP contribution in [0.5, 0.6) is 0 Å². The van der Waals surface area contributed by atoms with Gasteiger partial charge in [-0.25, -0.2) is 0 Å². The van der Waals surface area contributed by atoms with E-state index >= 15 is 0 Å². The van der Waals surface area contributed by atoms with Gasteiger partial charge in [-0.15, -0.1) is 0 Å². The highest BCUT2D eigenvalue weighted by molar-refractivity contribution is 6.27. The third-order valence-electron chi connectivity index (χ3n) is 13.4. The molecule has 0 aliphatic rings. The van der Waals surface area contributed by atoms with E-state index in [4.69, 9.17) is 0 Å². The Labute approximate surface area is 360 Å². The van der Waals surface area contributed by atoms with E-state index < -0.39 is 0 Å². The summed E-state index contributed by atoms with van der Waals surface area (Å²) in [5.41, 5.74) is 14.7. The number of hydrogen-bond donors (Lipinski definition) is 0. The van der Waals surface area contributed by atoms with Gasteiger partial charge in [-0.3, -0.25) is 0 Å². The van der Waals surface area contributed by atoms with E-state index in [0.29, 0.717) is 0 Å². The molecule has 0 saturated carbocycles. The van der Waals surface area contributed by atoms with Crippen molar-refractivity contribution in [2.75, 3.05) is 0 Å². The van der Waals surface area contributed by atoms with Crippen molar-refractivity contribution in [2.24, 2.45) is 0 Å². The van der Waals surface area contributed by atoms with Gasteiger partial charge in [-0.1, -0.05) is 218 Å². The fraction of sp³-hybridized carbons (Fsp3) is 0. The van der Waals surface area contributed by atoms with Gasteiger partial charge in [-0.2, -0.15) is 0 Å². The lowest BCUT2D eigenvalue weighted by Gasteiger charge is -2.18. The highest BCUT2D eigenvalue weighted by Crippen LogP contribution is 2.45. The van der Waals surface area contributed by atoms with E-state index in [1.807, 2.05) is 0 Å². The van der Waals surface area contributed by atoms with Gasteiger partial charge in [0.2, 0.25) is 0 Å². The van der Waals surface area contributed by atoms with Gasteiger partial charge in [0.25, 0.3) is 0 Å². The summed E-state index contributed by atoms with van der Waals surface area (Å²) in [4.78, 5) is 0. The molecule has 286 valence electrons. The van der Waals surface area contributed by atoms with E-state index in [1.54, 1.807) is 0 Å². The molecule has 62 heavy (non-hydrogen) atoms. The van der Waals surface area contributed by atoms with E-state index in [1.165, 1.54) is 131 Å². The molecule has 0 bridgehead atoms. The Morgan fingerprint density at radius 2 is 0.484 bits per heavy atom. The minimum Gasteiger partial charge on any atom is -0.0622 e. The summed E-state index contributed by atoms with van der Waals surface area (Å²) >= 11 is 0. The Morgan fingerprint density at radius 1 is 0.161 bits per heavy atom. The second-order valence-electron chi connectivity index (χ2n) is 16.8. The lowest BCUT2D eigenvalue weighted by atomic mass is 9.85. The van der Waals surface area contributed by atoms with Crippen LogP contribution < -0.4 is 0 Å². The number of rotatable bonds is 6. The molecule has 13 aromatic rings. The second-order valence-corrected chi connectivity index (χ2v) is 16.8. The number of benzene rings is 13. The van der Waals surface area contributed by atoms with Crippen LogP contribution >= 0.6 is 0 Å². The minimum atomic E-state index is 1.20. The SMILES string of the molecule is c1ccc(-c2cc(-c3ccc(-c4ccc(-c5ccc6ccc7cccc8ccc5c6c78)c(-c5ccccc5)c4)cc3)ccc2-c2ccc3ccc4cccc5ccc2c3c45)cc1. The lowest BCUT2D eigenvalue weighted by Crippen LogP contribution is -1.91. The van der Waals surface area contributed by atoms with E-state index in [0.717, 1.165) is 0 Å². The van der Waals surface area contributed by atoms with Crippen molar-refractivity contribution in [3.8, 4) is 66.8 Å². The first kappa shape index (κ1) is 34.8. The van der Waals surface area contributed by atoms with E-state index in [9.17, 15) is 0 Å². The summed E-state index contributed by atoms with van der Waals surface area (Å²) in [7, 11) is 0. The molecule has 0 aliphatic carbocycles. The third-order valence-corrected chi connectivity index (χ3v) is 13.4. The molecular weight excluding hydrogens is 745 g/mol. The molecule has 13 aromatic carbocycles. The molecule has 13 rings (SSSR count). The van der Waals surface area contributed by atoms with Gasteiger partial charge < -0.3 is 0 Å². The van der Waals surface area contributed by atoms with Crippen molar-refractivity contribution in [3.63, 3.8) is 0 Å². The van der Waals surface area contributed by atoms with E-state index in [-0.39, 0.29) is 0 Å². The fourth-order valence-electron chi connectivity index (χ4n) is 10.4. The van der Waals surface area contributed by atoms with Crippen LogP contribution in [-0.4, -0.2) is 0 Å². The second kappa shape index (κ2) is 13.7. The topological polar surface area (TPSA) is 0 Å². The quantitative estimate of drug-likeness (QED) is 0.147. The molecule has 0 saturated heterocycles. The summed E-state index contributed by atoms with van der Waals surface area (Å²) in [6.07, 6.45) is 0. The maximum Gasteiger partial charge on any atom is -0.00206 e. The maximum absolute atomic E-state index is 2.39. The summed E-state index contributed by atoms with van der Waals surface area (Å²) in [6, 6.07) is 85.6. The molecule has 0 N–H and O–H groups in total. The van der Waals surface area contributed by atoms with Crippen LogP contribution in [-0.2, 0) is 0 Å². The standard InChI is InChI=1S/C62H38/c1-3-9-41(10-4-1)57-37-49(29-33-53(57)51-31-25-47-23-21-43-13-7-15-45-27-35-55(51)61(47)59(43)45)39-17-19-40(20-18-39)50-30-34-54(58(38-50)42-11-5-2-6-12-42)52-32-26-48-24-22-44-14-8-16-46-28-36-56(52)62(48)60(44)46/h1-38H. The average Bonchev–Trinajstić information content (AvgIpc) is 3.35. The predicted octanol–water partition coefficient (Wildman–Crippen LogP) is 17.5. The van der Waals surface area contributed by atoms with Crippen LogP contribution in [0.3, 0.4) is 0 Å². The van der Waals surface area contributed by atoms with Crippen molar-refractivity contribution < 1.29 is 0 Å². The van der Waals surface area contributed by atoms with Crippen LogP contribution in [0.4, 0.5) is 0 Å². The Hall–Kier alpha value is -8.06. The summed E-state index contributed by atoms with van der Waals surface area (Å²) in [5.74, 6) is 0. The molecule has 0 aliphatic heterocycles. The average molecular weight is 783 g/mol. The van der Waals surface area contributed by atoms with Gasteiger partial charge >= 0.3 is 0 Å². The lowest BCUT2D eigenvalue weighted by molar-refractivity contribution is 1.56. The molecule has 0 unspecified atom stereocenters. The Kier molecular flexibility index (Phi) is 7.71. The van der Waals surface area contributed by atoms with Gasteiger partial charge in [0.15, 0.2) is 0 Å². The van der Waals surface area contributed by atoms with Gasteiger partial charge in [-0.05, 0) is 144 Å². The highest BCUT2D eigenvalue weighted by Gasteiger charge is 2.18. The van der Waals surface area contributed by atoms with E-state index in [2.05, 4.69) is 231 Å². The molecular formula is C62H38. The molecule has 0 nitrogen and oxygen atoms in total. The molecule has 0 atom stereocenters. The highest BCUT2D eigenvalue weighted by atomic mass is 14.2. The van der Waals surface area contributed by atoms with Gasteiger partial charge in [0.1, 0.15) is 0 Å². The first-order chi connectivity index (χ1) is 30.7. The predicted molar refractivity (Wildman–Crippen MR) is 266 cm³/mol. The van der Waals surface area contributed by atoms with Crippen molar-refractivity contribution in [1.29, 1.82) is 0 Å². The summed E-state index contributed by atoms with van der Waals surface area (Å²) in [5, 5.41) is 15.7. The molecule has 0 aromatic heterocycles. The van der Waals surface area contributed by atoms with Crippen molar-refractivity contribution in [1.82, 2.24) is 0 Å². The van der Waals surface area contributed by atoms with Crippen LogP contribution in [0.1, 0.15) is 0 Å². The molecule has 0 fully saturated rings. The molecule has 0 spiro atoms. The zero-order valence-corrected chi connectivity index (χ0v) is 33.9. The Balaban J connectivity index is 0.912. The summed E-state index contributed by atoms with van der Waals surface area (Å²) < 4.78 is 0. The van der Waals surface area contributed by atoms with Crippen molar-refractivity contribution >= 4 is 64.6 Å². The fourth-order valence-corrected chi connectivity index (χ4v) is 10.4. The Morgan fingerprint density at radius 3 is 0.887 bits per heavy atom. The van der Waals surface area contributed by atoms with Crippen LogP contribution in [0, 0.1) is 0 Å². The molecule has 0 heterocycles. The molecule has 0 amide bonds. The third kappa shape index (κ3) is 5.40. The zero-order chi connectivity index (χ0) is 40.7.